The van der Waals surface area contributed by atoms with Crippen molar-refractivity contribution in [1.82, 2.24) is 15.0 Å². The highest BCUT2D eigenvalue weighted by Crippen LogP contribution is 2.29. The molecule has 0 unspecified atom stereocenters. The van der Waals surface area contributed by atoms with E-state index in [1.54, 1.807) is 26.1 Å². The Morgan fingerprint density at radius 1 is 1.16 bits per heavy atom. The maximum atomic E-state index is 12.2. The van der Waals surface area contributed by atoms with Gasteiger partial charge in [-0.3, -0.25) is 4.98 Å². The molecule has 3 heterocycles. The van der Waals surface area contributed by atoms with E-state index in [0.717, 1.165) is 16.5 Å². The summed E-state index contributed by atoms with van der Waals surface area (Å²) in [5.74, 6) is -0.638. The second kappa shape index (κ2) is 8.84. The highest BCUT2D eigenvalue weighted by molar-refractivity contribution is 6.07. The van der Waals surface area contributed by atoms with Gasteiger partial charge in [-0.15, -0.1) is 0 Å². The van der Waals surface area contributed by atoms with Crippen LogP contribution in [0.2, 0.25) is 0 Å². The van der Waals surface area contributed by atoms with Crippen molar-refractivity contribution in [3.05, 3.63) is 65.3 Å². The number of furan rings is 1. The third-order valence-corrected chi connectivity index (χ3v) is 4.69. The van der Waals surface area contributed by atoms with E-state index in [0.29, 0.717) is 5.76 Å². The summed E-state index contributed by atoms with van der Waals surface area (Å²) >= 11 is 0. The van der Waals surface area contributed by atoms with Gasteiger partial charge in [0, 0.05) is 23.2 Å². The Kier molecular flexibility index (Phi) is 5.80. The van der Waals surface area contributed by atoms with Gasteiger partial charge in [0.15, 0.2) is 12.4 Å². The van der Waals surface area contributed by atoms with Crippen LogP contribution in [0.25, 0.3) is 28.1 Å². The van der Waals surface area contributed by atoms with E-state index in [9.17, 15) is 9.59 Å². The fourth-order valence-corrected chi connectivity index (χ4v) is 3.30. The zero-order chi connectivity index (χ0) is 22.7. The second-order valence-corrected chi connectivity index (χ2v) is 6.82. The largest absolute Gasteiger partial charge is 0.462 e. The predicted molar refractivity (Wildman–Crippen MR) is 117 cm³/mol. The zero-order valence-corrected chi connectivity index (χ0v) is 17.5. The van der Waals surface area contributed by atoms with Gasteiger partial charge < -0.3 is 19.6 Å². The summed E-state index contributed by atoms with van der Waals surface area (Å²) in [4.78, 5) is 37.1. The number of aryl methyl sites for hydroxylation is 1. The van der Waals surface area contributed by atoms with E-state index in [1.165, 1.54) is 6.08 Å². The number of carbonyl (C=O) groups is 2. The van der Waals surface area contributed by atoms with Crippen molar-refractivity contribution in [2.75, 3.05) is 12.3 Å². The number of para-hydroxylation sites is 1. The fourth-order valence-electron chi connectivity index (χ4n) is 3.30. The number of ether oxygens (including phenoxy) is 2. The number of esters is 2. The number of nitrogen functional groups attached to an aromatic ring is 1. The van der Waals surface area contributed by atoms with Crippen molar-refractivity contribution in [2.24, 2.45) is 0 Å². The van der Waals surface area contributed by atoms with Crippen molar-refractivity contribution in [3.63, 3.8) is 0 Å². The average Bonchev–Trinajstić information content (AvgIpc) is 3.12. The molecule has 2 N–H and O–H groups in total. The summed E-state index contributed by atoms with van der Waals surface area (Å²) in [5, 5.41) is 1.25. The number of carbonyl (C=O) groups excluding carboxylic acids is 2. The smallest absolute Gasteiger partial charge is 0.342 e. The summed E-state index contributed by atoms with van der Waals surface area (Å²) in [5.41, 5.74) is 7.91. The lowest BCUT2D eigenvalue weighted by atomic mass is 10.1. The van der Waals surface area contributed by atoms with Gasteiger partial charge in [-0.25, -0.2) is 14.6 Å². The molecule has 0 aliphatic carbocycles. The fraction of sp³-hybridized carbons (Fsp3) is 0.174. The number of nitrogens with two attached hydrogens (primary N) is 1. The van der Waals surface area contributed by atoms with Crippen molar-refractivity contribution in [3.8, 4) is 0 Å². The summed E-state index contributed by atoms with van der Waals surface area (Å²) in [6, 6.07) is 9.48. The summed E-state index contributed by atoms with van der Waals surface area (Å²) in [7, 11) is 0. The standard InChI is InChI=1S/C23H20N4O5/c1-3-30-23(29)18-13(2)32-22-19(18)21(24)26-16(27-22)12-31-17(28)10-9-15-7-4-6-14-8-5-11-25-20(14)15/h4-11H,3,12H2,1-2H3,(H2,24,26,27)/b10-9+. The van der Waals surface area contributed by atoms with Crippen LogP contribution in [0.4, 0.5) is 5.82 Å². The molecule has 162 valence electrons. The summed E-state index contributed by atoms with van der Waals surface area (Å²) in [6.07, 6.45) is 4.64. The Balaban J connectivity index is 1.50. The second-order valence-electron chi connectivity index (χ2n) is 6.82. The van der Waals surface area contributed by atoms with E-state index in [1.807, 2.05) is 30.3 Å². The Labute approximate surface area is 182 Å². The first kappa shape index (κ1) is 21.0. The van der Waals surface area contributed by atoms with Gasteiger partial charge in [0.1, 0.15) is 17.1 Å². The van der Waals surface area contributed by atoms with E-state index in [2.05, 4.69) is 15.0 Å². The Bertz CT molecular complexity index is 1350. The van der Waals surface area contributed by atoms with Crippen molar-refractivity contribution in [1.29, 1.82) is 0 Å². The number of hydrogen-bond donors (Lipinski definition) is 1. The van der Waals surface area contributed by atoms with Crippen LogP contribution in [0.15, 0.2) is 47.0 Å². The molecule has 32 heavy (non-hydrogen) atoms. The lowest BCUT2D eigenvalue weighted by Crippen LogP contribution is -2.09. The number of aromatic nitrogens is 3. The number of pyridine rings is 1. The number of nitrogens with zero attached hydrogens (tertiary/aromatic N) is 3. The quantitative estimate of drug-likeness (QED) is 0.359. The molecule has 0 aliphatic heterocycles. The number of rotatable bonds is 6. The molecule has 0 amide bonds. The van der Waals surface area contributed by atoms with Crippen LogP contribution in [-0.2, 0) is 20.9 Å². The number of hydrogen-bond acceptors (Lipinski definition) is 9. The first-order valence-electron chi connectivity index (χ1n) is 9.89. The van der Waals surface area contributed by atoms with Gasteiger partial charge in [0.05, 0.1) is 17.5 Å². The van der Waals surface area contributed by atoms with Crippen LogP contribution in [-0.4, -0.2) is 33.5 Å². The maximum Gasteiger partial charge on any atom is 0.342 e. The average molecular weight is 432 g/mol. The highest BCUT2D eigenvalue weighted by Gasteiger charge is 2.24. The summed E-state index contributed by atoms with van der Waals surface area (Å²) in [6.45, 7) is 3.31. The van der Waals surface area contributed by atoms with Crippen LogP contribution in [0, 0.1) is 6.92 Å². The zero-order valence-electron chi connectivity index (χ0n) is 17.5. The lowest BCUT2D eigenvalue weighted by molar-refractivity contribution is -0.139. The molecule has 0 radical (unpaired) electrons. The molecular weight excluding hydrogens is 412 g/mol. The number of benzene rings is 1. The van der Waals surface area contributed by atoms with Gasteiger partial charge in [0.2, 0.25) is 5.71 Å². The third-order valence-electron chi connectivity index (χ3n) is 4.69. The van der Waals surface area contributed by atoms with Crippen LogP contribution in [0.5, 0.6) is 0 Å². The maximum absolute atomic E-state index is 12.2. The van der Waals surface area contributed by atoms with Gasteiger partial charge in [-0.05, 0) is 26.0 Å². The van der Waals surface area contributed by atoms with E-state index < -0.39 is 11.9 Å². The molecule has 9 heteroatoms. The minimum atomic E-state index is -0.581. The van der Waals surface area contributed by atoms with Crippen LogP contribution < -0.4 is 5.73 Å². The van der Waals surface area contributed by atoms with Gasteiger partial charge in [-0.2, -0.15) is 4.98 Å². The van der Waals surface area contributed by atoms with Crippen LogP contribution in [0.3, 0.4) is 0 Å². The normalized spacial score (nSPS) is 11.3. The minimum Gasteiger partial charge on any atom is -0.462 e. The van der Waals surface area contributed by atoms with Crippen molar-refractivity contribution < 1.29 is 23.5 Å². The monoisotopic (exact) mass is 432 g/mol. The SMILES string of the molecule is CCOC(=O)c1c(C)oc2nc(COC(=O)/C=C/c3cccc4cccnc34)nc(N)c12. The third kappa shape index (κ3) is 4.13. The van der Waals surface area contributed by atoms with Gasteiger partial charge in [-0.1, -0.05) is 24.3 Å². The molecule has 9 nitrogen and oxygen atoms in total. The van der Waals surface area contributed by atoms with Crippen molar-refractivity contribution >= 4 is 45.8 Å². The van der Waals surface area contributed by atoms with Crippen LogP contribution >= 0.6 is 0 Å². The van der Waals surface area contributed by atoms with E-state index >= 15 is 0 Å². The number of fused-ring (bicyclic) bond motifs is 2. The predicted octanol–water partition coefficient (Wildman–Crippen LogP) is 3.59. The summed E-state index contributed by atoms with van der Waals surface area (Å²) < 4.78 is 15.8. The lowest BCUT2D eigenvalue weighted by Gasteiger charge is -2.04. The number of anilines is 1. The molecule has 0 saturated carbocycles. The van der Waals surface area contributed by atoms with Crippen LogP contribution in [0.1, 0.15) is 34.4 Å². The molecular formula is C23H20N4O5. The molecule has 0 spiro atoms. The highest BCUT2D eigenvalue weighted by atomic mass is 16.5. The molecule has 0 saturated heterocycles. The molecule has 0 atom stereocenters. The molecule has 0 aliphatic rings. The Hall–Kier alpha value is -4.27. The van der Waals surface area contributed by atoms with Gasteiger partial charge in [0.25, 0.3) is 0 Å². The molecule has 1 aromatic carbocycles. The molecule has 4 aromatic rings. The van der Waals surface area contributed by atoms with Crippen molar-refractivity contribution in [2.45, 2.75) is 20.5 Å². The van der Waals surface area contributed by atoms with Gasteiger partial charge >= 0.3 is 11.9 Å². The molecule has 4 rings (SSSR count). The Morgan fingerprint density at radius 2 is 1.97 bits per heavy atom. The van der Waals surface area contributed by atoms with E-state index in [4.69, 9.17) is 19.6 Å². The van der Waals surface area contributed by atoms with E-state index in [-0.39, 0.29) is 41.5 Å². The molecule has 0 fully saturated rings. The first-order chi connectivity index (χ1) is 15.5. The molecule has 3 aromatic heterocycles. The topological polar surface area (TPSA) is 130 Å². The molecule has 0 bridgehead atoms. The first-order valence-corrected chi connectivity index (χ1v) is 9.89. The minimum absolute atomic E-state index is 0.0401. The Morgan fingerprint density at radius 3 is 2.78 bits per heavy atom.